The van der Waals surface area contributed by atoms with E-state index in [1.54, 1.807) is 4.90 Å². The Kier molecular flexibility index (Phi) is 3.65. The van der Waals surface area contributed by atoms with E-state index in [0.717, 1.165) is 22.4 Å². The van der Waals surface area contributed by atoms with Crippen LogP contribution >= 0.6 is 12.2 Å². The van der Waals surface area contributed by atoms with Gasteiger partial charge in [-0.1, -0.05) is 48.0 Å². The molecule has 0 aromatic heterocycles. The maximum atomic E-state index is 12.6. The average molecular weight is 294 g/mol. The molecule has 2 aromatic rings. The highest BCUT2D eigenvalue weighted by Gasteiger charge is 2.37. The molecule has 21 heavy (non-hydrogen) atoms. The van der Waals surface area contributed by atoms with Crippen LogP contribution in [0, 0.1) is 6.92 Å². The van der Waals surface area contributed by atoms with E-state index in [1.165, 1.54) is 0 Å². The number of aryl methyl sites for hydroxylation is 1. The summed E-state index contributed by atoms with van der Waals surface area (Å²) in [7, 11) is 0. The van der Waals surface area contributed by atoms with Crippen LogP contribution in [0.4, 0.5) is 5.69 Å². The number of thiocarbonyl (C=S) groups is 1. The first kappa shape index (κ1) is 13.7. The van der Waals surface area contributed by atoms with Crippen molar-refractivity contribution in [3.05, 3.63) is 65.2 Å². The Hall–Kier alpha value is -2.29. The topological polar surface area (TPSA) is 32.7 Å². The van der Waals surface area contributed by atoms with Crippen LogP contribution in [0.15, 0.2) is 53.5 Å². The zero-order chi connectivity index (χ0) is 14.8. The predicted octanol–water partition coefficient (Wildman–Crippen LogP) is 3.69. The first-order valence-electron chi connectivity index (χ1n) is 6.73. The summed E-state index contributed by atoms with van der Waals surface area (Å²) < 4.78 is 0. The number of benzene rings is 2. The molecule has 104 valence electrons. The van der Waals surface area contributed by atoms with Gasteiger partial charge in [0.05, 0.1) is 17.4 Å². The molecule has 0 fully saturated rings. The molecule has 3 rings (SSSR count). The first-order valence-corrected chi connectivity index (χ1v) is 7.14. The van der Waals surface area contributed by atoms with E-state index < -0.39 is 6.04 Å². The fraction of sp³-hybridized carbons (Fsp3) is 0.176. The average Bonchev–Trinajstić information content (AvgIpc) is 2.74. The van der Waals surface area contributed by atoms with E-state index >= 15 is 0 Å². The van der Waals surface area contributed by atoms with E-state index in [4.69, 9.17) is 0 Å². The normalized spacial score (nSPS) is 16.5. The fourth-order valence-electron chi connectivity index (χ4n) is 2.64. The molecular formula is C17H14N2OS. The van der Waals surface area contributed by atoms with Crippen molar-refractivity contribution in [2.75, 3.05) is 4.90 Å². The Morgan fingerprint density at radius 1 is 1.24 bits per heavy atom. The highest BCUT2D eigenvalue weighted by molar-refractivity contribution is 7.78. The van der Waals surface area contributed by atoms with Crippen LogP contribution < -0.4 is 4.90 Å². The van der Waals surface area contributed by atoms with Gasteiger partial charge in [-0.2, -0.15) is 0 Å². The van der Waals surface area contributed by atoms with Crippen molar-refractivity contribution in [3.8, 4) is 0 Å². The van der Waals surface area contributed by atoms with Crippen molar-refractivity contribution in [1.82, 2.24) is 0 Å². The molecule has 4 heteroatoms. The monoisotopic (exact) mass is 294 g/mol. The molecule has 1 aliphatic rings. The highest BCUT2D eigenvalue weighted by atomic mass is 32.1. The zero-order valence-electron chi connectivity index (χ0n) is 11.6. The van der Waals surface area contributed by atoms with Crippen molar-refractivity contribution in [2.24, 2.45) is 4.99 Å². The molecule has 3 nitrogen and oxygen atoms in total. The lowest BCUT2D eigenvalue weighted by Crippen LogP contribution is -2.27. The number of rotatable bonds is 3. The summed E-state index contributed by atoms with van der Waals surface area (Å²) >= 11 is 4.68. The number of carbonyl (C=O) groups is 1. The smallest absolute Gasteiger partial charge is 0.257 e. The molecule has 0 radical (unpaired) electrons. The van der Waals surface area contributed by atoms with Gasteiger partial charge in [0, 0.05) is 5.56 Å². The Morgan fingerprint density at radius 3 is 2.71 bits per heavy atom. The van der Waals surface area contributed by atoms with Crippen LogP contribution in [-0.2, 0) is 11.3 Å². The van der Waals surface area contributed by atoms with Gasteiger partial charge in [-0.05, 0) is 30.8 Å². The summed E-state index contributed by atoms with van der Waals surface area (Å²) in [5.41, 5.74) is 4.01. The maximum absolute atomic E-state index is 12.6. The van der Waals surface area contributed by atoms with E-state index in [-0.39, 0.29) is 5.91 Å². The molecule has 2 aromatic carbocycles. The van der Waals surface area contributed by atoms with Gasteiger partial charge in [0.1, 0.15) is 0 Å². The van der Waals surface area contributed by atoms with Crippen LogP contribution in [0.5, 0.6) is 0 Å². The summed E-state index contributed by atoms with van der Waals surface area (Å²) in [6.07, 6.45) is 0. The largest absolute Gasteiger partial charge is 0.305 e. The summed E-state index contributed by atoms with van der Waals surface area (Å²) in [6, 6.07) is 15.4. The molecule has 1 heterocycles. The molecule has 1 amide bonds. The fourth-order valence-corrected chi connectivity index (χ4v) is 2.75. The molecule has 0 bridgehead atoms. The van der Waals surface area contributed by atoms with Gasteiger partial charge in [0.25, 0.3) is 5.91 Å². The highest BCUT2D eigenvalue weighted by Crippen LogP contribution is 2.39. The number of amides is 1. The van der Waals surface area contributed by atoms with Crippen LogP contribution in [-0.4, -0.2) is 11.1 Å². The van der Waals surface area contributed by atoms with Crippen molar-refractivity contribution >= 4 is 29.0 Å². The number of hydrogen-bond acceptors (Lipinski definition) is 3. The van der Waals surface area contributed by atoms with Gasteiger partial charge in [-0.15, -0.1) is 0 Å². The number of isothiocyanates is 1. The van der Waals surface area contributed by atoms with Gasteiger partial charge in [0.15, 0.2) is 6.04 Å². The molecular weight excluding hydrogens is 280 g/mol. The zero-order valence-corrected chi connectivity index (χ0v) is 12.4. The lowest BCUT2D eigenvalue weighted by atomic mass is 10.1. The number of fused-ring (bicyclic) bond motifs is 1. The first-order chi connectivity index (χ1) is 10.2. The molecule has 1 aliphatic heterocycles. The van der Waals surface area contributed by atoms with Gasteiger partial charge in [-0.3, -0.25) is 4.79 Å². The maximum Gasteiger partial charge on any atom is 0.257 e. The predicted molar refractivity (Wildman–Crippen MR) is 86.6 cm³/mol. The molecule has 0 N–H and O–H groups in total. The molecule has 0 saturated carbocycles. The SMILES string of the molecule is Cc1ccc2c(c1)C(N=C=S)C(=O)N2Cc1ccccc1. The number of aliphatic imine (C=N–C) groups is 1. The quantitative estimate of drug-likeness (QED) is 0.639. The second-order valence-corrected chi connectivity index (χ2v) is 5.28. The molecule has 0 aliphatic carbocycles. The summed E-state index contributed by atoms with van der Waals surface area (Å²) in [5.74, 6) is -0.0446. The van der Waals surface area contributed by atoms with Crippen molar-refractivity contribution in [1.29, 1.82) is 0 Å². The molecule has 1 atom stereocenters. The second kappa shape index (κ2) is 5.60. The minimum atomic E-state index is -0.555. The third kappa shape index (κ3) is 2.51. The lowest BCUT2D eigenvalue weighted by molar-refractivity contribution is -0.119. The Morgan fingerprint density at radius 2 is 2.00 bits per heavy atom. The molecule has 1 unspecified atom stereocenters. The van der Waals surface area contributed by atoms with E-state index in [0.29, 0.717) is 6.54 Å². The summed E-state index contributed by atoms with van der Waals surface area (Å²) in [5, 5.41) is 2.35. The second-order valence-electron chi connectivity index (χ2n) is 5.10. The van der Waals surface area contributed by atoms with Crippen LogP contribution in [0.3, 0.4) is 0 Å². The Balaban J connectivity index is 2.03. The van der Waals surface area contributed by atoms with Crippen LogP contribution in [0.2, 0.25) is 0 Å². The number of anilines is 1. The van der Waals surface area contributed by atoms with Gasteiger partial charge in [0.2, 0.25) is 0 Å². The standard InChI is InChI=1S/C17H14N2OS/c1-12-7-8-15-14(9-12)16(18-11-21)17(20)19(15)10-13-5-3-2-4-6-13/h2-9,16H,10H2,1H3. The van der Waals surface area contributed by atoms with Gasteiger partial charge in [-0.25, -0.2) is 4.99 Å². The van der Waals surface area contributed by atoms with Crippen LogP contribution in [0.1, 0.15) is 22.7 Å². The van der Waals surface area contributed by atoms with E-state index in [9.17, 15) is 4.79 Å². The summed E-state index contributed by atoms with van der Waals surface area (Å²) in [4.78, 5) is 18.4. The Labute approximate surface area is 128 Å². The minimum Gasteiger partial charge on any atom is -0.305 e. The lowest BCUT2D eigenvalue weighted by Gasteiger charge is -2.17. The summed E-state index contributed by atoms with van der Waals surface area (Å²) in [6.45, 7) is 2.54. The minimum absolute atomic E-state index is 0.0446. The van der Waals surface area contributed by atoms with Crippen molar-refractivity contribution in [3.63, 3.8) is 0 Å². The van der Waals surface area contributed by atoms with Crippen molar-refractivity contribution in [2.45, 2.75) is 19.5 Å². The van der Waals surface area contributed by atoms with Crippen LogP contribution in [0.25, 0.3) is 0 Å². The van der Waals surface area contributed by atoms with Crippen molar-refractivity contribution < 1.29 is 4.79 Å². The number of carbonyl (C=O) groups excluding carboxylic acids is 1. The third-order valence-corrected chi connectivity index (χ3v) is 3.74. The molecule has 0 saturated heterocycles. The Bertz CT molecular complexity index is 736. The number of hydrogen-bond donors (Lipinski definition) is 0. The number of nitrogens with zero attached hydrogens (tertiary/aromatic N) is 2. The molecule has 0 spiro atoms. The van der Waals surface area contributed by atoms with E-state index in [2.05, 4.69) is 22.4 Å². The van der Waals surface area contributed by atoms with Gasteiger partial charge >= 0.3 is 0 Å². The third-order valence-electron chi connectivity index (χ3n) is 3.63. The van der Waals surface area contributed by atoms with Gasteiger partial charge < -0.3 is 4.90 Å². The van der Waals surface area contributed by atoms with E-state index in [1.807, 2.05) is 55.5 Å².